The molecule has 1 heteroatoms. The minimum absolute atomic E-state index is 1.31. The fraction of sp³-hybridized carbons (Fsp3) is 0. The summed E-state index contributed by atoms with van der Waals surface area (Å²) in [5, 5.41) is 8.14. The predicted octanol–water partition coefficient (Wildman–Crippen LogP) is 6.36. The summed E-state index contributed by atoms with van der Waals surface area (Å²) in [6.07, 6.45) is 0. The smallest absolute Gasteiger partial charge is 0.0361 e. The lowest BCUT2D eigenvalue weighted by molar-refractivity contribution is 1.80. The van der Waals surface area contributed by atoms with Gasteiger partial charge >= 0.3 is 0 Å². The van der Waals surface area contributed by atoms with Crippen LogP contribution >= 0.6 is 11.3 Å². The van der Waals surface area contributed by atoms with Gasteiger partial charge in [-0.25, -0.2) is 0 Å². The SMILES string of the molecule is c1ccc2c(c1)ccc1c2ccc2sc3ccccc3c21. The van der Waals surface area contributed by atoms with Gasteiger partial charge in [-0.3, -0.25) is 0 Å². The van der Waals surface area contributed by atoms with Crippen LogP contribution in [0.4, 0.5) is 0 Å². The van der Waals surface area contributed by atoms with Gasteiger partial charge in [0.15, 0.2) is 0 Å². The fourth-order valence-corrected chi connectivity index (χ4v) is 4.43. The van der Waals surface area contributed by atoms with E-state index in [1.165, 1.54) is 41.7 Å². The highest BCUT2D eigenvalue weighted by Crippen LogP contribution is 2.39. The van der Waals surface area contributed by atoms with Gasteiger partial charge in [-0.1, -0.05) is 60.7 Å². The van der Waals surface area contributed by atoms with Crippen LogP contribution in [0.5, 0.6) is 0 Å². The fourth-order valence-electron chi connectivity index (χ4n) is 3.31. The van der Waals surface area contributed by atoms with E-state index < -0.39 is 0 Å². The maximum atomic E-state index is 2.28. The number of fused-ring (bicyclic) bond motifs is 7. The first-order valence-electron chi connectivity index (χ1n) is 7.13. The quantitative estimate of drug-likeness (QED) is 0.290. The number of rotatable bonds is 0. The highest BCUT2D eigenvalue weighted by atomic mass is 32.1. The second-order valence-electron chi connectivity index (χ2n) is 5.42. The molecule has 0 spiro atoms. The molecule has 0 nitrogen and oxygen atoms in total. The van der Waals surface area contributed by atoms with Gasteiger partial charge < -0.3 is 0 Å². The lowest BCUT2D eigenvalue weighted by atomic mass is 9.98. The van der Waals surface area contributed by atoms with Gasteiger partial charge in [0.1, 0.15) is 0 Å². The molecule has 0 unspecified atom stereocenters. The molecule has 21 heavy (non-hydrogen) atoms. The van der Waals surface area contributed by atoms with Crippen molar-refractivity contribution < 1.29 is 0 Å². The summed E-state index contributed by atoms with van der Waals surface area (Å²) in [6.45, 7) is 0. The molecule has 0 aliphatic carbocycles. The van der Waals surface area contributed by atoms with Gasteiger partial charge in [0.05, 0.1) is 0 Å². The molecule has 1 aromatic heterocycles. The molecule has 0 N–H and O–H groups in total. The van der Waals surface area contributed by atoms with Gasteiger partial charge in [-0.15, -0.1) is 11.3 Å². The average molecular weight is 284 g/mol. The molecule has 0 atom stereocenters. The molecule has 0 amide bonds. The summed E-state index contributed by atoms with van der Waals surface area (Å²) in [5.41, 5.74) is 0. The van der Waals surface area contributed by atoms with E-state index in [1.54, 1.807) is 0 Å². The van der Waals surface area contributed by atoms with Crippen molar-refractivity contribution in [1.82, 2.24) is 0 Å². The zero-order valence-electron chi connectivity index (χ0n) is 11.3. The molecule has 0 fully saturated rings. The van der Waals surface area contributed by atoms with Crippen LogP contribution < -0.4 is 0 Å². The molecule has 0 bridgehead atoms. The lowest BCUT2D eigenvalue weighted by Crippen LogP contribution is -1.78. The first kappa shape index (κ1) is 11.3. The molecule has 98 valence electrons. The van der Waals surface area contributed by atoms with Crippen LogP contribution in [-0.4, -0.2) is 0 Å². The lowest BCUT2D eigenvalue weighted by Gasteiger charge is -2.05. The summed E-state index contributed by atoms with van der Waals surface area (Å²) in [4.78, 5) is 0. The summed E-state index contributed by atoms with van der Waals surface area (Å²) in [6, 6.07) is 26.4. The molecule has 0 radical (unpaired) electrons. The Labute approximate surface area is 126 Å². The van der Waals surface area contributed by atoms with Crippen molar-refractivity contribution in [2.75, 3.05) is 0 Å². The molecule has 5 aromatic rings. The second-order valence-corrected chi connectivity index (χ2v) is 6.50. The van der Waals surface area contributed by atoms with E-state index in [4.69, 9.17) is 0 Å². The first-order chi connectivity index (χ1) is 10.4. The van der Waals surface area contributed by atoms with Crippen molar-refractivity contribution in [3.05, 3.63) is 72.8 Å². The van der Waals surface area contributed by atoms with E-state index in [1.807, 2.05) is 11.3 Å². The first-order valence-corrected chi connectivity index (χ1v) is 7.95. The molecule has 0 aliphatic heterocycles. The topological polar surface area (TPSA) is 0 Å². The van der Waals surface area contributed by atoms with Crippen LogP contribution in [0.2, 0.25) is 0 Å². The van der Waals surface area contributed by atoms with Crippen LogP contribution in [0.15, 0.2) is 72.8 Å². The van der Waals surface area contributed by atoms with Gasteiger partial charge in [0, 0.05) is 20.2 Å². The summed E-state index contributed by atoms with van der Waals surface area (Å²) in [7, 11) is 0. The molecular formula is C20H12S. The van der Waals surface area contributed by atoms with E-state index in [-0.39, 0.29) is 0 Å². The highest BCUT2D eigenvalue weighted by Gasteiger charge is 2.09. The van der Waals surface area contributed by atoms with Crippen molar-refractivity contribution in [3.8, 4) is 0 Å². The van der Waals surface area contributed by atoms with Crippen LogP contribution in [0.1, 0.15) is 0 Å². The van der Waals surface area contributed by atoms with Gasteiger partial charge in [0.25, 0.3) is 0 Å². The molecule has 0 saturated carbocycles. The average Bonchev–Trinajstić information content (AvgIpc) is 2.93. The molecule has 0 saturated heterocycles. The van der Waals surface area contributed by atoms with Crippen LogP contribution in [0.3, 0.4) is 0 Å². The Morgan fingerprint density at radius 3 is 2.19 bits per heavy atom. The molecule has 4 aromatic carbocycles. The molecule has 1 heterocycles. The zero-order valence-corrected chi connectivity index (χ0v) is 12.2. The second kappa shape index (κ2) is 4.06. The predicted molar refractivity (Wildman–Crippen MR) is 94.3 cm³/mol. The largest absolute Gasteiger partial charge is 0.135 e. The minimum Gasteiger partial charge on any atom is -0.135 e. The van der Waals surface area contributed by atoms with Crippen LogP contribution in [-0.2, 0) is 0 Å². The third-order valence-electron chi connectivity index (χ3n) is 4.26. The number of hydrogen-bond acceptors (Lipinski definition) is 1. The molecule has 5 rings (SSSR count). The Bertz CT molecular complexity index is 1130. The zero-order chi connectivity index (χ0) is 13.8. The number of hydrogen-bond donors (Lipinski definition) is 0. The van der Waals surface area contributed by atoms with Crippen molar-refractivity contribution in [2.45, 2.75) is 0 Å². The summed E-state index contributed by atoms with van der Waals surface area (Å²) in [5.74, 6) is 0. The Balaban J connectivity index is 2.11. The third kappa shape index (κ3) is 1.50. The number of benzene rings is 4. The third-order valence-corrected chi connectivity index (χ3v) is 5.40. The van der Waals surface area contributed by atoms with E-state index in [0.717, 1.165) is 0 Å². The van der Waals surface area contributed by atoms with Crippen molar-refractivity contribution in [1.29, 1.82) is 0 Å². The van der Waals surface area contributed by atoms with E-state index in [0.29, 0.717) is 0 Å². The number of thiophene rings is 1. The normalized spacial score (nSPS) is 11.8. The van der Waals surface area contributed by atoms with Gasteiger partial charge in [-0.2, -0.15) is 0 Å². The Morgan fingerprint density at radius 1 is 0.476 bits per heavy atom. The standard InChI is InChI=1S/C20H12S/c1-2-6-14-13(5-1)9-10-16-15(14)11-12-19-20(16)17-7-3-4-8-18(17)21-19/h1-12H. The molecular weight excluding hydrogens is 272 g/mol. The maximum absolute atomic E-state index is 2.28. The Hall–Kier alpha value is -2.38. The van der Waals surface area contributed by atoms with E-state index in [9.17, 15) is 0 Å². The minimum atomic E-state index is 1.31. The molecule has 0 aliphatic rings. The van der Waals surface area contributed by atoms with Crippen LogP contribution in [0, 0.1) is 0 Å². The van der Waals surface area contributed by atoms with E-state index >= 15 is 0 Å². The van der Waals surface area contributed by atoms with Crippen molar-refractivity contribution in [3.63, 3.8) is 0 Å². The Morgan fingerprint density at radius 2 is 1.24 bits per heavy atom. The van der Waals surface area contributed by atoms with Crippen molar-refractivity contribution in [2.24, 2.45) is 0 Å². The summed E-state index contributed by atoms with van der Waals surface area (Å²) >= 11 is 1.88. The highest BCUT2D eigenvalue weighted by molar-refractivity contribution is 7.26. The van der Waals surface area contributed by atoms with Crippen LogP contribution in [0.25, 0.3) is 41.7 Å². The maximum Gasteiger partial charge on any atom is 0.0361 e. The van der Waals surface area contributed by atoms with Crippen molar-refractivity contribution >= 4 is 53.1 Å². The monoisotopic (exact) mass is 284 g/mol. The van der Waals surface area contributed by atoms with Gasteiger partial charge in [0.2, 0.25) is 0 Å². The Kier molecular flexibility index (Phi) is 2.18. The van der Waals surface area contributed by atoms with Gasteiger partial charge in [-0.05, 0) is 33.7 Å². The summed E-state index contributed by atoms with van der Waals surface area (Å²) < 4.78 is 2.74. The van der Waals surface area contributed by atoms with E-state index in [2.05, 4.69) is 72.8 Å².